The molecule has 0 spiro atoms. The number of imide groups is 2. The van der Waals surface area contributed by atoms with Gasteiger partial charge in [0.1, 0.15) is 0 Å². The van der Waals surface area contributed by atoms with Crippen molar-refractivity contribution in [3.63, 3.8) is 0 Å². The Labute approximate surface area is 167 Å². The molecule has 1 fully saturated rings. The maximum Gasteiger partial charge on any atom is 0.334 e. The minimum atomic E-state index is -3.75. The Morgan fingerprint density at radius 1 is 0.929 bits per heavy atom. The van der Waals surface area contributed by atoms with Gasteiger partial charge in [-0.2, -0.15) is 0 Å². The van der Waals surface area contributed by atoms with Crippen molar-refractivity contribution in [1.82, 2.24) is 9.80 Å². The van der Waals surface area contributed by atoms with Gasteiger partial charge in [-0.1, -0.05) is 41.9 Å². The molecular formula is C19H17ClN2O5S. The van der Waals surface area contributed by atoms with Gasteiger partial charge in [-0.25, -0.2) is 18.1 Å². The predicted molar refractivity (Wildman–Crippen MR) is 102 cm³/mol. The molecule has 1 saturated heterocycles. The molecule has 3 rings (SSSR count). The van der Waals surface area contributed by atoms with Crippen LogP contribution in [-0.4, -0.2) is 48.4 Å². The lowest BCUT2D eigenvalue weighted by Gasteiger charge is -2.22. The maximum absolute atomic E-state index is 12.6. The van der Waals surface area contributed by atoms with Gasteiger partial charge in [0, 0.05) is 11.6 Å². The van der Waals surface area contributed by atoms with Gasteiger partial charge < -0.3 is 0 Å². The van der Waals surface area contributed by atoms with E-state index in [0.717, 1.165) is 4.90 Å². The molecule has 0 saturated carbocycles. The number of hydrogen-bond acceptors (Lipinski definition) is 5. The summed E-state index contributed by atoms with van der Waals surface area (Å²) in [4.78, 5) is 38.8. The van der Waals surface area contributed by atoms with E-state index in [-0.39, 0.29) is 4.90 Å². The van der Waals surface area contributed by atoms with Gasteiger partial charge in [-0.05, 0) is 36.8 Å². The van der Waals surface area contributed by atoms with Crippen molar-refractivity contribution >= 4 is 39.3 Å². The van der Waals surface area contributed by atoms with Crippen LogP contribution in [-0.2, 0) is 19.4 Å². The van der Waals surface area contributed by atoms with Crippen molar-refractivity contribution < 1.29 is 22.8 Å². The third-order valence-electron chi connectivity index (χ3n) is 4.51. The summed E-state index contributed by atoms with van der Waals surface area (Å²) in [5.41, 5.74) is 0.688. The first-order chi connectivity index (χ1) is 13.2. The summed E-state index contributed by atoms with van der Waals surface area (Å²) in [6, 6.07) is 12.9. The standard InChI is InChI=1S/C19H17ClN2O5S/c1-13(14-5-3-2-4-6-14)22-18(24)17(23)21(19(22)25)11-12-28(26,27)16-9-7-15(20)8-10-16/h2-10,13H,11-12H2,1H3. The van der Waals surface area contributed by atoms with Crippen LogP contribution < -0.4 is 0 Å². The Bertz CT molecular complexity index is 1020. The van der Waals surface area contributed by atoms with E-state index in [0.29, 0.717) is 15.5 Å². The van der Waals surface area contributed by atoms with E-state index in [1.807, 2.05) is 0 Å². The largest absolute Gasteiger partial charge is 0.334 e. The Kier molecular flexibility index (Phi) is 5.53. The van der Waals surface area contributed by atoms with E-state index < -0.39 is 46.0 Å². The highest BCUT2D eigenvalue weighted by molar-refractivity contribution is 7.91. The summed E-state index contributed by atoms with van der Waals surface area (Å²) in [6.45, 7) is 1.22. The highest BCUT2D eigenvalue weighted by atomic mass is 35.5. The summed E-state index contributed by atoms with van der Waals surface area (Å²) in [5, 5.41) is 0.389. The Hall–Kier alpha value is -2.71. The van der Waals surface area contributed by atoms with E-state index in [1.54, 1.807) is 37.3 Å². The number of urea groups is 1. The smallest absolute Gasteiger partial charge is 0.263 e. The van der Waals surface area contributed by atoms with Crippen LogP contribution in [0.1, 0.15) is 18.5 Å². The van der Waals surface area contributed by atoms with Gasteiger partial charge in [-0.15, -0.1) is 0 Å². The van der Waals surface area contributed by atoms with Crippen LogP contribution in [0.3, 0.4) is 0 Å². The Balaban J connectivity index is 1.76. The zero-order valence-electron chi connectivity index (χ0n) is 14.9. The first-order valence-corrected chi connectivity index (χ1v) is 10.5. The zero-order valence-corrected chi connectivity index (χ0v) is 16.5. The van der Waals surface area contributed by atoms with E-state index >= 15 is 0 Å². The van der Waals surface area contributed by atoms with Crippen LogP contribution in [0.5, 0.6) is 0 Å². The number of hydrogen-bond donors (Lipinski definition) is 0. The molecule has 7 nitrogen and oxygen atoms in total. The first kappa shape index (κ1) is 20.0. The van der Waals surface area contributed by atoms with Crippen molar-refractivity contribution in [2.75, 3.05) is 12.3 Å². The van der Waals surface area contributed by atoms with Gasteiger partial charge in [-0.3, -0.25) is 14.5 Å². The number of benzene rings is 2. The van der Waals surface area contributed by atoms with Crippen LogP contribution in [0.2, 0.25) is 5.02 Å². The maximum atomic E-state index is 12.6. The topological polar surface area (TPSA) is 91.8 Å². The first-order valence-electron chi connectivity index (χ1n) is 8.44. The monoisotopic (exact) mass is 420 g/mol. The van der Waals surface area contributed by atoms with E-state index in [1.165, 1.54) is 24.3 Å². The second-order valence-electron chi connectivity index (χ2n) is 6.27. The minimum Gasteiger partial charge on any atom is -0.263 e. The van der Waals surface area contributed by atoms with Crippen LogP contribution in [0, 0.1) is 0 Å². The van der Waals surface area contributed by atoms with Crippen LogP contribution in [0.25, 0.3) is 0 Å². The van der Waals surface area contributed by atoms with Crippen molar-refractivity contribution in [1.29, 1.82) is 0 Å². The average Bonchev–Trinajstić information content (AvgIpc) is 2.89. The lowest BCUT2D eigenvalue weighted by molar-refractivity contribution is -0.143. The molecule has 1 atom stereocenters. The number of rotatable bonds is 6. The Morgan fingerprint density at radius 2 is 1.54 bits per heavy atom. The van der Waals surface area contributed by atoms with Crippen molar-refractivity contribution in [2.24, 2.45) is 0 Å². The van der Waals surface area contributed by atoms with E-state index in [2.05, 4.69) is 0 Å². The van der Waals surface area contributed by atoms with Crippen LogP contribution >= 0.6 is 11.6 Å². The van der Waals surface area contributed by atoms with Gasteiger partial charge >= 0.3 is 17.8 Å². The van der Waals surface area contributed by atoms with Gasteiger partial charge in [0.2, 0.25) is 0 Å². The molecule has 1 unspecified atom stereocenters. The van der Waals surface area contributed by atoms with Gasteiger partial charge in [0.25, 0.3) is 0 Å². The highest BCUT2D eigenvalue weighted by Gasteiger charge is 2.47. The number of carbonyl (C=O) groups excluding carboxylic acids is 3. The molecule has 1 aliphatic heterocycles. The SMILES string of the molecule is CC(c1ccccc1)N1C(=O)C(=O)N(CCS(=O)(=O)c2ccc(Cl)cc2)C1=O. The number of carbonyl (C=O) groups is 3. The van der Waals surface area contributed by atoms with Crippen LogP contribution in [0.15, 0.2) is 59.5 Å². The molecule has 1 heterocycles. The molecule has 0 N–H and O–H groups in total. The van der Waals surface area contributed by atoms with E-state index in [4.69, 9.17) is 11.6 Å². The predicted octanol–water partition coefficient (Wildman–Crippen LogP) is 2.67. The number of nitrogens with zero attached hydrogens (tertiary/aromatic N) is 2. The van der Waals surface area contributed by atoms with Crippen LogP contribution in [0.4, 0.5) is 4.79 Å². The number of sulfone groups is 1. The highest BCUT2D eigenvalue weighted by Crippen LogP contribution is 2.26. The lowest BCUT2D eigenvalue weighted by Crippen LogP contribution is -2.37. The average molecular weight is 421 g/mol. The minimum absolute atomic E-state index is 0.0248. The molecule has 9 heteroatoms. The number of halogens is 1. The molecule has 146 valence electrons. The molecule has 2 aromatic carbocycles. The molecule has 1 aliphatic rings. The zero-order chi connectivity index (χ0) is 20.5. The normalized spacial score (nSPS) is 16.0. The fourth-order valence-electron chi connectivity index (χ4n) is 2.91. The fourth-order valence-corrected chi connectivity index (χ4v) is 4.25. The number of amides is 4. The van der Waals surface area contributed by atoms with Crippen molar-refractivity contribution in [2.45, 2.75) is 17.9 Å². The van der Waals surface area contributed by atoms with Crippen molar-refractivity contribution in [3.05, 3.63) is 65.2 Å². The summed E-state index contributed by atoms with van der Waals surface area (Å²) in [7, 11) is -3.75. The summed E-state index contributed by atoms with van der Waals surface area (Å²) in [5.74, 6) is -2.49. The van der Waals surface area contributed by atoms with E-state index in [9.17, 15) is 22.8 Å². The molecule has 0 radical (unpaired) electrons. The third-order valence-corrected chi connectivity index (χ3v) is 6.47. The summed E-state index contributed by atoms with van der Waals surface area (Å²) < 4.78 is 24.9. The molecule has 0 aromatic heterocycles. The van der Waals surface area contributed by atoms with Gasteiger partial charge in [0.05, 0.1) is 16.7 Å². The third kappa shape index (κ3) is 3.79. The second kappa shape index (κ2) is 7.73. The molecule has 4 amide bonds. The molecular weight excluding hydrogens is 404 g/mol. The lowest BCUT2D eigenvalue weighted by atomic mass is 10.1. The molecule has 0 bridgehead atoms. The van der Waals surface area contributed by atoms with Crippen molar-refractivity contribution in [3.8, 4) is 0 Å². The molecule has 0 aliphatic carbocycles. The second-order valence-corrected chi connectivity index (χ2v) is 8.82. The Morgan fingerprint density at radius 3 is 2.14 bits per heavy atom. The summed E-state index contributed by atoms with van der Waals surface area (Å²) in [6.07, 6.45) is 0. The molecule has 28 heavy (non-hydrogen) atoms. The summed E-state index contributed by atoms with van der Waals surface area (Å²) >= 11 is 5.76. The quantitative estimate of drug-likeness (QED) is 0.529. The molecule has 2 aromatic rings. The fraction of sp³-hybridized carbons (Fsp3) is 0.211. The van der Waals surface area contributed by atoms with Gasteiger partial charge in [0.15, 0.2) is 9.84 Å².